The molecule has 2 aromatic heterocycles. The monoisotopic (exact) mass is 359 g/mol. The van der Waals surface area contributed by atoms with Gasteiger partial charge in [0.15, 0.2) is 0 Å². The van der Waals surface area contributed by atoms with E-state index in [1.54, 1.807) is 17.5 Å². The van der Waals surface area contributed by atoms with E-state index < -0.39 is 0 Å². The van der Waals surface area contributed by atoms with Gasteiger partial charge in [-0.3, -0.25) is 9.78 Å². The summed E-state index contributed by atoms with van der Waals surface area (Å²) in [6, 6.07) is 15.3. The molecule has 4 nitrogen and oxygen atoms in total. The fourth-order valence-corrected chi connectivity index (χ4v) is 3.67. The molecule has 0 spiro atoms. The summed E-state index contributed by atoms with van der Waals surface area (Å²) in [5.41, 5.74) is 5.39. The topological polar surface area (TPSA) is 54.9 Å². The fraction of sp³-hybridized carbons (Fsp3) is 0.0952. The van der Waals surface area contributed by atoms with Gasteiger partial charge in [0.05, 0.1) is 11.2 Å². The Labute approximate surface area is 155 Å². The Kier molecular flexibility index (Phi) is 4.22. The molecule has 0 aliphatic heterocycles. The van der Waals surface area contributed by atoms with Gasteiger partial charge in [-0.05, 0) is 49.7 Å². The molecule has 0 bridgehead atoms. The number of hydrogen-bond donors (Lipinski definition) is 1. The second-order valence-electron chi connectivity index (χ2n) is 6.16. The number of nitrogens with zero attached hydrogens (tertiary/aromatic N) is 2. The van der Waals surface area contributed by atoms with Crippen molar-refractivity contribution in [2.75, 3.05) is 5.32 Å². The van der Waals surface area contributed by atoms with Gasteiger partial charge in [-0.15, -0.1) is 11.3 Å². The van der Waals surface area contributed by atoms with Crippen LogP contribution in [-0.4, -0.2) is 15.9 Å². The number of carbonyl (C=O) groups excluding carboxylic acids is 1. The molecule has 0 saturated carbocycles. The van der Waals surface area contributed by atoms with Crippen LogP contribution in [0.2, 0.25) is 0 Å². The number of benzene rings is 2. The lowest BCUT2D eigenvalue weighted by atomic mass is 10.1. The van der Waals surface area contributed by atoms with E-state index >= 15 is 0 Å². The first-order valence-corrected chi connectivity index (χ1v) is 9.18. The van der Waals surface area contributed by atoms with Crippen molar-refractivity contribution in [1.82, 2.24) is 9.97 Å². The third kappa shape index (κ3) is 3.09. The van der Waals surface area contributed by atoms with E-state index in [1.165, 1.54) is 0 Å². The van der Waals surface area contributed by atoms with Crippen molar-refractivity contribution in [1.29, 1.82) is 0 Å². The van der Waals surface area contributed by atoms with Gasteiger partial charge in [0.25, 0.3) is 5.91 Å². The van der Waals surface area contributed by atoms with Gasteiger partial charge < -0.3 is 5.32 Å². The summed E-state index contributed by atoms with van der Waals surface area (Å²) in [6.45, 7) is 3.99. The van der Waals surface area contributed by atoms with Gasteiger partial charge >= 0.3 is 0 Å². The maximum atomic E-state index is 12.7. The summed E-state index contributed by atoms with van der Waals surface area (Å²) in [4.78, 5) is 21.5. The van der Waals surface area contributed by atoms with Gasteiger partial charge in [0.2, 0.25) is 0 Å². The molecule has 0 atom stereocenters. The summed E-state index contributed by atoms with van der Waals surface area (Å²) >= 11 is 1.60. The molecule has 128 valence electrons. The first kappa shape index (κ1) is 16.4. The predicted octanol–water partition coefficient (Wildman–Crippen LogP) is 5.23. The van der Waals surface area contributed by atoms with Crippen molar-refractivity contribution in [3.05, 3.63) is 76.9 Å². The molecule has 0 radical (unpaired) electrons. The number of thiazole rings is 1. The zero-order chi connectivity index (χ0) is 18.1. The number of rotatable bonds is 3. The van der Waals surface area contributed by atoms with Crippen LogP contribution in [0.25, 0.3) is 21.5 Å². The van der Waals surface area contributed by atoms with E-state index in [-0.39, 0.29) is 5.91 Å². The molecule has 4 rings (SSSR count). The highest BCUT2D eigenvalue weighted by molar-refractivity contribution is 7.13. The molecule has 0 aliphatic rings. The second-order valence-corrected chi connectivity index (χ2v) is 7.01. The van der Waals surface area contributed by atoms with E-state index in [0.29, 0.717) is 5.56 Å². The average molecular weight is 359 g/mol. The fourth-order valence-electron chi connectivity index (χ4n) is 2.87. The summed E-state index contributed by atoms with van der Waals surface area (Å²) < 4.78 is 0. The van der Waals surface area contributed by atoms with Crippen LogP contribution in [0.1, 0.15) is 21.6 Å². The maximum Gasteiger partial charge on any atom is 0.255 e. The first-order chi connectivity index (χ1) is 12.6. The van der Waals surface area contributed by atoms with Crippen molar-refractivity contribution in [2.45, 2.75) is 13.8 Å². The number of aromatic nitrogens is 2. The third-order valence-electron chi connectivity index (χ3n) is 4.23. The zero-order valence-electron chi connectivity index (χ0n) is 14.5. The normalized spacial score (nSPS) is 10.8. The van der Waals surface area contributed by atoms with E-state index in [9.17, 15) is 4.79 Å². The van der Waals surface area contributed by atoms with Crippen LogP contribution in [0.3, 0.4) is 0 Å². The number of hydrogen-bond acceptors (Lipinski definition) is 4. The third-order valence-corrected chi connectivity index (χ3v) is 5.24. The van der Waals surface area contributed by atoms with Crippen LogP contribution in [0.15, 0.2) is 60.1 Å². The van der Waals surface area contributed by atoms with Gasteiger partial charge in [-0.2, -0.15) is 0 Å². The molecule has 0 fully saturated rings. The van der Waals surface area contributed by atoms with Crippen LogP contribution in [-0.2, 0) is 0 Å². The van der Waals surface area contributed by atoms with Crippen LogP contribution in [0.5, 0.6) is 0 Å². The second kappa shape index (κ2) is 6.69. The van der Waals surface area contributed by atoms with Crippen molar-refractivity contribution in [3.8, 4) is 10.6 Å². The summed E-state index contributed by atoms with van der Waals surface area (Å²) in [5.74, 6) is -0.138. The quantitative estimate of drug-likeness (QED) is 0.545. The van der Waals surface area contributed by atoms with Crippen LogP contribution in [0.4, 0.5) is 5.69 Å². The Morgan fingerprint density at radius 1 is 1.04 bits per heavy atom. The van der Waals surface area contributed by atoms with Gasteiger partial charge in [0, 0.05) is 33.8 Å². The van der Waals surface area contributed by atoms with Crippen LogP contribution in [0, 0.1) is 13.8 Å². The molecule has 1 N–H and O–H groups in total. The molecule has 2 heterocycles. The van der Waals surface area contributed by atoms with E-state index in [4.69, 9.17) is 0 Å². The summed E-state index contributed by atoms with van der Waals surface area (Å²) in [7, 11) is 0. The van der Waals surface area contributed by atoms with Crippen molar-refractivity contribution in [3.63, 3.8) is 0 Å². The highest BCUT2D eigenvalue weighted by atomic mass is 32.1. The van der Waals surface area contributed by atoms with Crippen LogP contribution >= 0.6 is 11.3 Å². The lowest BCUT2D eigenvalue weighted by molar-refractivity contribution is 0.102. The van der Waals surface area contributed by atoms with Crippen molar-refractivity contribution in [2.24, 2.45) is 0 Å². The highest BCUT2D eigenvalue weighted by Crippen LogP contribution is 2.26. The summed E-state index contributed by atoms with van der Waals surface area (Å²) in [6.07, 6.45) is 1.76. The zero-order valence-corrected chi connectivity index (χ0v) is 15.3. The van der Waals surface area contributed by atoms with Crippen molar-refractivity contribution >= 4 is 33.8 Å². The molecule has 0 aliphatic carbocycles. The van der Waals surface area contributed by atoms with Gasteiger partial charge in [-0.25, -0.2) is 4.98 Å². The Morgan fingerprint density at radius 3 is 2.58 bits per heavy atom. The van der Waals surface area contributed by atoms with Crippen LogP contribution < -0.4 is 5.32 Å². The van der Waals surface area contributed by atoms with Crippen molar-refractivity contribution < 1.29 is 4.79 Å². The molecule has 1 amide bonds. The Hall–Kier alpha value is -3.05. The van der Waals surface area contributed by atoms with Gasteiger partial charge in [0.1, 0.15) is 5.01 Å². The molecule has 2 aromatic carbocycles. The number of fused-ring (bicyclic) bond motifs is 1. The number of pyridine rings is 1. The Morgan fingerprint density at radius 2 is 1.85 bits per heavy atom. The molecule has 0 saturated heterocycles. The molecule has 26 heavy (non-hydrogen) atoms. The van der Waals surface area contributed by atoms with E-state index in [2.05, 4.69) is 15.3 Å². The average Bonchev–Trinajstić information content (AvgIpc) is 3.11. The number of nitrogens with one attached hydrogen (secondary N) is 1. The van der Waals surface area contributed by atoms with E-state index in [1.807, 2.05) is 67.8 Å². The highest BCUT2D eigenvalue weighted by Gasteiger charge is 2.11. The predicted molar refractivity (Wildman–Crippen MR) is 107 cm³/mol. The lowest BCUT2D eigenvalue weighted by Crippen LogP contribution is -2.12. The molecule has 4 aromatic rings. The molecular weight excluding hydrogens is 342 g/mol. The van der Waals surface area contributed by atoms with E-state index in [0.717, 1.165) is 38.4 Å². The summed E-state index contributed by atoms with van der Waals surface area (Å²) in [5, 5.41) is 6.92. The SMILES string of the molecule is Cc1csc(-c2ccc(C(=O)Nc3ccc(C)c4ncccc34)cc2)n1. The maximum absolute atomic E-state index is 12.7. The number of anilines is 1. The molecule has 5 heteroatoms. The smallest absolute Gasteiger partial charge is 0.255 e. The standard InChI is InChI=1S/C21H17N3OS/c1-13-5-10-18(17-4-3-11-22-19(13)17)24-20(25)15-6-8-16(9-7-15)21-23-14(2)12-26-21/h3-12H,1-2H3,(H,24,25). The largest absolute Gasteiger partial charge is 0.321 e. The number of amides is 1. The lowest BCUT2D eigenvalue weighted by Gasteiger charge is -2.10. The number of carbonyl (C=O) groups is 1. The van der Waals surface area contributed by atoms with Gasteiger partial charge in [-0.1, -0.05) is 18.2 Å². The Balaban J connectivity index is 1.60. The Bertz CT molecular complexity index is 1100. The minimum absolute atomic E-state index is 0.138. The minimum Gasteiger partial charge on any atom is -0.321 e. The molecule has 0 unspecified atom stereocenters. The minimum atomic E-state index is -0.138. The molecular formula is C21H17N3OS. The number of aryl methyl sites for hydroxylation is 2. The first-order valence-electron chi connectivity index (χ1n) is 8.30.